The summed E-state index contributed by atoms with van der Waals surface area (Å²) in [5, 5.41) is 11.6. The first-order valence-electron chi connectivity index (χ1n) is 14.9. The summed E-state index contributed by atoms with van der Waals surface area (Å²) >= 11 is 0. The van der Waals surface area contributed by atoms with E-state index in [2.05, 4.69) is 106 Å². The van der Waals surface area contributed by atoms with E-state index < -0.39 is 11.7 Å². The quantitative estimate of drug-likeness (QED) is 0.141. The van der Waals surface area contributed by atoms with Gasteiger partial charge in [-0.2, -0.15) is 13.2 Å². The van der Waals surface area contributed by atoms with Gasteiger partial charge in [0.15, 0.2) is 0 Å². The minimum atomic E-state index is -4.39. The molecule has 8 aromatic carbocycles. The third-order valence-corrected chi connectivity index (χ3v) is 9.19. The van der Waals surface area contributed by atoms with Crippen LogP contribution in [0.3, 0.4) is 0 Å². The molecule has 0 saturated heterocycles. The zero-order valence-electron chi connectivity index (χ0n) is 24.7. The van der Waals surface area contributed by atoms with Crippen molar-refractivity contribution in [2.24, 2.45) is 0 Å². The Kier molecular flexibility index (Phi) is 5.65. The highest BCUT2D eigenvalue weighted by Gasteiger charge is 2.30. The molecule has 0 heterocycles. The molecule has 0 aliphatic rings. The molecule has 0 atom stereocenters. The van der Waals surface area contributed by atoms with E-state index in [4.69, 9.17) is 0 Å². The molecule has 8 aromatic rings. The van der Waals surface area contributed by atoms with Gasteiger partial charge < -0.3 is 0 Å². The maximum Gasteiger partial charge on any atom is 0.416 e. The molecular formula is C41H29F3. The van der Waals surface area contributed by atoms with Crippen LogP contribution >= 0.6 is 0 Å². The number of halogens is 3. The minimum Gasteiger partial charge on any atom is -0.166 e. The van der Waals surface area contributed by atoms with E-state index in [1.807, 2.05) is 12.1 Å². The average molecular weight is 579 g/mol. The van der Waals surface area contributed by atoms with E-state index in [0.717, 1.165) is 43.8 Å². The predicted molar refractivity (Wildman–Crippen MR) is 180 cm³/mol. The third kappa shape index (κ3) is 3.99. The van der Waals surface area contributed by atoms with Crippen molar-refractivity contribution in [2.45, 2.75) is 32.4 Å². The molecule has 214 valence electrons. The third-order valence-electron chi connectivity index (χ3n) is 9.19. The monoisotopic (exact) mass is 578 g/mol. The molecule has 0 aliphatic heterocycles. The molecule has 0 saturated carbocycles. The highest BCUT2D eigenvalue weighted by atomic mass is 19.4. The summed E-state index contributed by atoms with van der Waals surface area (Å²) < 4.78 is 40.6. The predicted octanol–water partition coefficient (Wildman–Crippen LogP) is 12.5. The summed E-state index contributed by atoms with van der Waals surface area (Å²) in [5.41, 5.74) is 4.45. The van der Waals surface area contributed by atoms with Crippen molar-refractivity contribution in [1.82, 2.24) is 0 Å². The minimum absolute atomic E-state index is 0.107. The van der Waals surface area contributed by atoms with Gasteiger partial charge >= 0.3 is 6.18 Å². The molecule has 0 nitrogen and oxygen atoms in total. The van der Waals surface area contributed by atoms with Crippen molar-refractivity contribution in [3.05, 3.63) is 132 Å². The zero-order valence-corrected chi connectivity index (χ0v) is 24.7. The van der Waals surface area contributed by atoms with Crippen LogP contribution < -0.4 is 0 Å². The van der Waals surface area contributed by atoms with Crippen molar-refractivity contribution in [2.75, 3.05) is 0 Å². The maximum atomic E-state index is 13.5. The molecule has 0 amide bonds. The second-order valence-electron chi connectivity index (χ2n) is 12.9. The Morgan fingerprint density at radius 3 is 1.64 bits per heavy atom. The molecule has 44 heavy (non-hydrogen) atoms. The van der Waals surface area contributed by atoms with E-state index in [-0.39, 0.29) is 5.41 Å². The van der Waals surface area contributed by atoms with Gasteiger partial charge in [0.2, 0.25) is 0 Å². The standard InChI is InChI=1S/C41H29F3/c1-40(2,3)29-19-22-34-35(23-29)37(26-13-17-28(18-14-26)41(42,43)44)30-9-4-5-10-31(30)39(34)33-21-16-27-12-11-24-7-6-8-25-15-20-32(33)38(27)36(24)25/h4-23H,1-3H3. The molecule has 0 spiro atoms. The lowest BCUT2D eigenvalue weighted by molar-refractivity contribution is -0.137. The fourth-order valence-corrected chi connectivity index (χ4v) is 7.03. The van der Waals surface area contributed by atoms with Gasteiger partial charge in [0.1, 0.15) is 0 Å². The van der Waals surface area contributed by atoms with Crippen LogP contribution in [0.25, 0.3) is 76.1 Å². The first kappa shape index (κ1) is 26.7. The van der Waals surface area contributed by atoms with E-state index in [0.29, 0.717) is 0 Å². The lowest BCUT2D eigenvalue weighted by Crippen LogP contribution is -2.10. The molecule has 8 rings (SSSR count). The van der Waals surface area contributed by atoms with Crippen LogP contribution in [0, 0.1) is 0 Å². The van der Waals surface area contributed by atoms with Gasteiger partial charge in [-0.05, 0) is 105 Å². The summed E-state index contributed by atoms with van der Waals surface area (Å²) in [6.07, 6.45) is -4.39. The number of alkyl halides is 3. The first-order chi connectivity index (χ1) is 21.1. The van der Waals surface area contributed by atoms with Crippen molar-refractivity contribution in [3.63, 3.8) is 0 Å². The van der Waals surface area contributed by atoms with Gasteiger partial charge in [-0.3, -0.25) is 0 Å². The van der Waals surface area contributed by atoms with Crippen molar-refractivity contribution >= 4 is 53.9 Å². The Morgan fingerprint density at radius 2 is 0.977 bits per heavy atom. The van der Waals surface area contributed by atoms with Crippen LogP contribution in [0.5, 0.6) is 0 Å². The van der Waals surface area contributed by atoms with E-state index in [1.165, 1.54) is 50.0 Å². The normalized spacial score (nSPS) is 12.8. The maximum absolute atomic E-state index is 13.5. The second-order valence-corrected chi connectivity index (χ2v) is 12.9. The van der Waals surface area contributed by atoms with Gasteiger partial charge in [0.25, 0.3) is 0 Å². The summed E-state index contributed by atoms with van der Waals surface area (Å²) in [6, 6.07) is 40.3. The molecule has 0 unspecified atom stereocenters. The van der Waals surface area contributed by atoms with Crippen LogP contribution in [0.2, 0.25) is 0 Å². The summed E-state index contributed by atoms with van der Waals surface area (Å²) in [6.45, 7) is 6.57. The molecule has 0 N–H and O–H groups in total. The van der Waals surface area contributed by atoms with Crippen molar-refractivity contribution in [3.8, 4) is 22.3 Å². The SMILES string of the molecule is CC(C)(C)c1ccc2c(-c3ccc4ccc5cccc6ccc3c4c56)c3ccccc3c(-c3ccc(C(F)(F)F)cc3)c2c1. The average Bonchev–Trinajstić information content (AvgIpc) is 3.01. The summed E-state index contributed by atoms with van der Waals surface area (Å²) in [7, 11) is 0. The van der Waals surface area contributed by atoms with E-state index in [1.54, 1.807) is 12.1 Å². The number of benzene rings is 8. The molecule has 0 fully saturated rings. The lowest BCUT2D eigenvalue weighted by atomic mass is 9.80. The topological polar surface area (TPSA) is 0 Å². The first-order valence-corrected chi connectivity index (χ1v) is 14.9. The van der Waals surface area contributed by atoms with Gasteiger partial charge in [-0.1, -0.05) is 124 Å². The lowest BCUT2D eigenvalue weighted by Gasteiger charge is -2.24. The number of rotatable bonds is 2. The fraction of sp³-hybridized carbons (Fsp3) is 0.122. The van der Waals surface area contributed by atoms with Gasteiger partial charge in [-0.15, -0.1) is 0 Å². The Balaban J connectivity index is 1.53. The number of fused-ring (bicyclic) bond motifs is 2. The van der Waals surface area contributed by atoms with Crippen molar-refractivity contribution in [1.29, 1.82) is 0 Å². The molecular weight excluding hydrogens is 549 g/mol. The van der Waals surface area contributed by atoms with Gasteiger partial charge in [0, 0.05) is 0 Å². The number of hydrogen-bond donors (Lipinski definition) is 0. The smallest absolute Gasteiger partial charge is 0.166 e. The van der Waals surface area contributed by atoms with Crippen LogP contribution in [-0.2, 0) is 11.6 Å². The molecule has 0 aromatic heterocycles. The van der Waals surface area contributed by atoms with E-state index >= 15 is 0 Å². The van der Waals surface area contributed by atoms with Crippen LogP contribution in [-0.4, -0.2) is 0 Å². The van der Waals surface area contributed by atoms with Crippen molar-refractivity contribution < 1.29 is 13.2 Å². The highest BCUT2D eigenvalue weighted by molar-refractivity contribution is 6.29. The van der Waals surface area contributed by atoms with Crippen LogP contribution in [0.1, 0.15) is 31.9 Å². The Hall–Kier alpha value is -4.89. The summed E-state index contributed by atoms with van der Waals surface area (Å²) in [5.74, 6) is 0. The van der Waals surface area contributed by atoms with Gasteiger partial charge in [0.05, 0.1) is 5.56 Å². The van der Waals surface area contributed by atoms with Crippen LogP contribution in [0.4, 0.5) is 13.2 Å². The Bertz CT molecular complexity index is 2370. The zero-order chi connectivity index (χ0) is 30.4. The Labute approximate surface area is 253 Å². The Morgan fingerprint density at radius 1 is 0.432 bits per heavy atom. The second kappa shape index (κ2) is 9.30. The summed E-state index contributed by atoms with van der Waals surface area (Å²) in [4.78, 5) is 0. The molecule has 0 aliphatic carbocycles. The van der Waals surface area contributed by atoms with Crippen LogP contribution in [0.15, 0.2) is 121 Å². The van der Waals surface area contributed by atoms with Gasteiger partial charge in [-0.25, -0.2) is 0 Å². The molecule has 0 bridgehead atoms. The van der Waals surface area contributed by atoms with E-state index in [9.17, 15) is 13.2 Å². The number of hydrogen-bond acceptors (Lipinski definition) is 0. The fourth-order valence-electron chi connectivity index (χ4n) is 7.03. The highest BCUT2D eigenvalue weighted by Crippen LogP contribution is 2.48. The molecule has 0 radical (unpaired) electrons. The largest absolute Gasteiger partial charge is 0.416 e. The molecule has 3 heteroatoms.